The zero-order chi connectivity index (χ0) is 13.6. The third-order valence-electron chi connectivity index (χ3n) is 2.50. The minimum atomic E-state index is -0.0448. The van der Waals surface area contributed by atoms with Crippen LogP contribution in [0.25, 0.3) is 0 Å². The second-order valence-corrected chi connectivity index (χ2v) is 5.40. The van der Waals surface area contributed by atoms with Gasteiger partial charge in [0.15, 0.2) is 0 Å². The van der Waals surface area contributed by atoms with Crippen LogP contribution in [-0.2, 0) is 17.9 Å². The van der Waals surface area contributed by atoms with Gasteiger partial charge in [0.2, 0.25) is 5.91 Å². The molecule has 0 saturated heterocycles. The predicted molar refractivity (Wildman–Crippen MR) is 73.9 cm³/mol. The first-order chi connectivity index (χ1) is 8.40. The molecule has 4 heteroatoms. The van der Waals surface area contributed by atoms with Crippen LogP contribution in [0.15, 0.2) is 24.3 Å². The second kappa shape index (κ2) is 6.52. The van der Waals surface area contributed by atoms with E-state index < -0.39 is 0 Å². The van der Waals surface area contributed by atoms with Gasteiger partial charge >= 0.3 is 0 Å². The Balaban J connectivity index is 2.38. The third kappa shape index (κ3) is 5.80. The molecule has 4 N–H and O–H groups in total. The summed E-state index contributed by atoms with van der Waals surface area (Å²) in [6.45, 7) is 7.49. The van der Waals surface area contributed by atoms with Crippen LogP contribution in [0.1, 0.15) is 31.9 Å². The van der Waals surface area contributed by atoms with Gasteiger partial charge in [-0.3, -0.25) is 4.79 Å². The largest absolute Gasteiger partial charge is 0.351 e. The zero-order valence-corrected chi connectivity index (χ0v) is 11.4. The van der Waals surface area contributed by atoms with E-state index >= 15 is 0 Å². The van der Waals surface area contributed by atoms with Crippen molar-refractivity contribution in [3.63, 3.8) is 0 Å². The minimum Gasteiger partial charge on any atom is -0.351 e. The zero-order valence-electron chi connectivity index (χ0n) is 11.4. The quantitative estimate of drug-likeness (QED) is 0.733. The molecule has 0 atom stereocenters. The molecule has 1 rings (SSSR count). The molecule has 0 spiro atoms. The Morgan fingerprint density at radius 2 is 1.94 bits per heavy atom. The number of benzene rings is 1. The van der Waals surface area contributed by atoms with E-state index in [1.807, 2.05) is 45.0 Å². The van der Waals surface area contributed by atoms with Crippen molar-refractivity contribution in [1.29, 1.82) is 0 Å². The van der Waals surface area contributed by atoms with E-state index in [2.05, 4.69) is 10.6 Å². The highest BCUT2D eigenvalue weighted by Gasteiger charge is 2.10. The number of carbonyl (C=O) groups is 1. The summed E-state index contributed by atoms with van der Waals surface area (Å²) in [7, 11) is 0. The van der Waals surface area contributed by atoms with Crippen LogP contribution >= 0.6 is 0 Å². The first-order valence-electron chi connectivity index (χ1n) is 6.20. The highest BCUT2D eigenvalue weighted by Crippen LogP contribution is 2.04. The average Bonchev–Trinajstić information content (AvgIpc) is 2.33. The van der Waals surface area contributed by atoms with Gasteiger partial charge in [0, 0.05) is 18.6 Å². The topological polar surface area (TPSA) is 67.2 Å². The Hall–Kier alpha value is -1.39. The molecular weight excluding hydrogens is 226 g/mol. The summed E-state index contributed by atoms with van der Waals surface area (Å²) >= 11 is 0. The minimum absolute atomic E-state index is 0.00285. The fraction of sp³-hybridized carbons (Fsp3) is 0.500. The van der Waals surface area contributed by atoms with Crippen LogP contribution in [0.3, 0.4) is 0 Å². The Morgan fingerprint density at radius 1 is 1.28 bits per heavy atom. The SMILES string of the molecule is CC(C)(C)NCC(=O)NCc1cccc(CN)c1. The van der Waals surface area contributed by atoms with Gasteiger partial charge in [0.25, 0.3) is 0 Å². The molecule has 0 aromatic heterocycles. The van der Waals surface area contributed by atoms with Gasteiger partial charge in [0.05, 0.1) is 6.54 Å². The van der Waals surface area contributed by atoms with Gasteiger partial charge in [-0.1, -0.05) is 24.3 Å². The van der Waals surface area contributed by atoms with Crippen LogP contribution in [0, 0.1) is 0 Å². The molecular formula is C14H23N3O. The first kappa shape index (κ1) is 14.7. The maximum Gasteiger partial charge on any atom is 0.234 e. The van der Waals surface area contributed by atoms with Gasteiger partial charge < -0.3 is 16.4 Å². The third-order valence-corrected chi connectivity index (χ3v) is 2.50. The number of hydrogen-bond acceptors (Lipinski definition) is 3. The Morgan fingerprint density at radius 3 is 2.56 bits per heavy atom. The molecule has 0 fully saturated rings. The summed E-state index contributed by atoms with van der Waals surface area (Å²) in [6, 6.07) is 7.93. The molecule has 1 amide bonds. The molecule has 0 aliphatic rings. The van der Waals surface area contributed by atoms with Gasteiger partial charge in [-0.25, -0.2) is 0 Å². The number of amides is 1. The lowest BCUT2D eigenvalue weighted by atomic mass is 10.1. The van der Waals surface area contributed by atoms with Gasteiger partial charge in [-0.15, -0.1) is 0 Å². The summed E-state index contributed by atoms with van der Waals surface area (Å²) in [4.78, 5) is 11.6. The van der Waals surface area contributed by atoms with E-state index in [0.717, 1.165) is 11.1 Å². The maximum absolute atomic E-state index is 11.6. The van der Waals surface area contributed by atoms with Crippen molar-refractivity contribution in [3.05, 3.63) is 35.4 Å². The first-order valence-corrected chi connectivity index (χ1v) is 6.20. The number of carbonyl (C=O) groups excluding carboxylic acids is 1. The normalized spacial score (nSPS) is 11.3. The highest BCUT2D eigenvalue weighted by atomic mass is 16.1. The van der Waals surface area contributed by atoms with E-state index in [1.165, 1.54) is 0 Å². The molecule has 1 aromatic carbocycles. The summed E-state index contributed by atoms with van der Waals surface area (Å²) in [5, 5.41) is 6.03. The summed E-state index contributed by atoms with van der Waals surface area (Å²) in [5.74, 6) is 0.00285. The average molecular weight is 249 g/mol. The lowest BCUT2D eigenvalue weighted by Gasteiger charge is -2.20. The van der Waals surface area contributed by atoms with E-state index in [-0.39, 0.29) is 11.4 Å². The van der Waals surface area contributed by atoms with E-state index in [1.54, 1.807) is 0 Å². The predicted octanol–water partition coefficient (Wildman–Crippen LogP) is 1.15. The number of nitrogens with one attached hydrogen (secondary N) is 2. The van der Waals surface area contributed by atoms with Crippen molar-refractivity contribution in [2.24, 2.45) is 5.73 Å². The van der Waals surface area contributed by atoms with Gasteiger partial charge in [0.1, 0.15) is 0 Å². The molecule has 1 aromatic rings. The van der Waals surface area contributed by atoms with Gasteiger partial charge in [-0.2, -0.15) is 0 Å². The van der Waals surface area contributed by atoms with Crippen LogP contribution in [0.5, 0.6) is 0 Å². The summed E-state index contributed by atoms with van der Waals surface area (Å²) in [6.07, 6.45) is 0. The molecule has 0 heterocycles. The Labute approximate surface area is 109 Å². The molecule has 0 aliphatic heterocycles. The molecule has 0 radical (unpaired) electrons. The van der Waals surface area contributed by atoms with E-state index in [9.17, 15) is 4.79 Å². The standard InChI is InChI=1S/C14H23N3O/c1-14(2,3)17-10-13(18)16-9-12-6-4-5-11(7-12)8-15/h4-7,17H,8-10,15H2,1-3H3,(H,16,18). The monoisotopic (exact) mass is 249 g/mol. The molecule has 0 aliphatic carbocycles. The number of nitrogens with two attached hydrogens (primary N) is 1. The second-order valence-electron chi connectivity index (χ2n) is 5.40. The van der Waals surface area contributed by atoms with Crippen LogP contribution in [0.2, 0.25) is 0 Å². The highest BCUT2D eigenvalue weighted by molar-refractivity contribution is 5.78. The number of hydrogen-bond donors (Lipinski definition) is 3. The molecule has 18 heavy (non-hydrogen) atoms. The Bertz CT molecular complexity index is 396. The van der Waals surface area contributed by atoms with Crippen molar-refractivity contribution in [2.45, 2.75) is 39.4 Å². The van der Waals surface area contributed by atoms with Crippen molar-refractivity contribution in [3.8, 4) is 0 Å². The maximum atomic E-state index is 11.6. The van der Waals surface area contributed by atoms with Crippen molar-refractivity contribution >= 4 is 5.91 Å². The van der Waals surface area contributed by atoms with Crippen molar-refractivity contribution in [1.82, 2.24) is 10.6 Å². The fourth-order valence-corrected chi connectivity index (χ4v) is 1.48. The van der Waals surface area contributed by atoms with Crippen LogP contribution < -0.4 is 16.4 Å². The lowest BCUT2D eigenvalue weighted by Crippen LogP contribution is -2.43. The molecule has 0 bridgehead atoms. The van der Waals surface area contributed by atoms with Gasteiger partial charge in [-0.05, 0) is 31.9 Å². The van der Waals surface area contributed by atoms with Crippen LogP contribution in [0.4, 0.5) is 0 Å². The summed E-state index contributed by atoms with van der Waals surface area (Å²) < 4.78 is 0. The Kier molecular flexibility index (Phi) is 5.31. The molecule has 100 valence electrons. The fourth-order valence-electron chi connectivity index (χ4n) is 1.48. The van der Waals surface area contributed by atoms with E-state index in [0.29, 0.717) is 19.6 Å². The summed E-state index contributed by atoms with van der Waals surface area (Å²) in [5.41, 5.74) is 7.68. The molecule has 4 nitrogen and oxygen atoms in total. The van der Waals surface area contributed by atoms with E-state index in [4.69, 9.17) is 5.73 Å². The molecule has 0 saturated carbocycles. The smallest absolute Gasteiger partial charge is 0.234 e. The number of rotatable bonds is 5. The van der Waals surface area contributed by atoms with Crippen molar-refractivity contribution < 1.29 is 4.79 Å². The van der Waals surface area contributed by atoms with Crippen molar-refractivity contribution in [2.75, 3.05) is 6.54 Å². The molecule has 0 unspecified atom stereocenters. The lowest BCUT2D eigenvalue weighted by molar-refractivity contribution is -0.120. The van der Waals surface area contributed by atoms with Crippen LogP contribution in [-0.4, -0.2) is 18.0 Å².